The number of benzene rings is 2. The zero-order valence-corrected chi connectivity index (χ0v) is 17.2. The first-order valence-electron chi connectivity index (χ1n) is 9.36. The van der Waals surface area contributed by atoms with E-state index in [1.807, 2.05) is 13.8 Å². The summed E-state index contributed by atoms with van der Waals surface area (Å²) < 4.78 is 17.8. The van der Waals surface area contributed by atoms with Crippen LogP contribution in [0.1, 0.15) is 32.1 Å². The average molecular weight is 427 g/mol. The number of rotatable bonds is 5. The SMILES string of the molecule is Cc1nn(-c2ccc(C(=O)OCC(=O)c3ccc4c(c3)OCCO4)cc2)c(C)c1Cl. The van der Waals surface area contributed by atoms with Gasteiger partial charge in [-0.05, 0) is 56.3 Å². The second-order valence-corrected chi connectivity index (χ2v) is 7.18. The smallest absolute Gasteiger partial charge is 0.338 e. The van der Waals surface area contributed by atoms with Gasteiger partial charge in [0.2, 0.25) is 0 Å². The summed E-state index contributed by atoms with van der Waals surface area (Å²) in [6.45, 7) is 4.24. The second-order valence-electron chi connectivity index (χ2n) is 6.80. The molecule has 0 radical (unpaired) electrons. The lowest BCUT2D eigenvalue weighted by Crippen LogP contribution is -2.17. The number of nitrogens with zero attached hydrogens (tertiary/aromatic N) is 2. The highest BCUT2D eigenvalue weighted by Crippen LogP contribution is 2.31. The standard InChI is InChI=1S/C22H19ClN2O5/c1-13-21(23)14(2)25(24-13)17-6-3-15(4-7-17)22(27)30-12-18(26)16-5-8-19-20(11-16)29-10-9-28-19/h3-8,11H,9-10,12H2,1-2H3. The Morgan fingerprint density at radius 2 is 1.70 bits per heavy atom. The second kappa shape index (κ2) is 8.20. The van der Waals surface area contributed by atoms with Gasteiger partial charge in [0, 0.05) is 5.56 Å². The van der Waals surface area contributed by atoms with Gasteiger partial charge in [-0.3, -0.25) is 4.79 Å². The molecule has 8 heteroatoms. The van der Waals surface area contributed by atoms with Crippen molar-refractivity contribution < 1.29 is 23.8 Å². The van der Waals surface area contributed by atoms with Gasteiger partial charge in [0.15, 0.2) is 23.9 Å². The molecule has 4 rings (SSSR count). The van der Waals surface area contributed by atoms with Crippen molar-refractivity contribution in [2.75, 3.05) is 19.8 Å². The van der Waals surface area contributed by atoms with Crippen molar-refractivity contribution in [2.45, 2.75) is 13.8 Å². The van der Waals surface area contributed by atoms with Crippen LogP contribution in [0.5, 0.6) is 11.5 Å². The Kier molecular flexibility index (Phi) is 5.46. The molecular formula is C22H19ClN2O5. The summed E-state index contributed by atoms with van der Waals surface area (Å²) in [7, 11) is 0. The van der Waals surface area contributed by atoms with Gasteiger partial charge in [0.05, 0.1) is 27.7 Å². The third-order valence-electron chi connectivity index (χ3n) is 4.75. The fourth-order valence-electron chi connectivity index (χ4n) is 3.13. The van der Waals surface area contributed by atoms with E-state index in [-0.39, 0.29) is 12.4 Å². The molecule has 0 unspecified atom stereocenters. The Balaban J connectivity index is 1.40. The monoisotopic (exact) mass is 426 g/mol. The Morgan fingerprint density at radius 1 is 1.03 bits per heavy atom. The van der Waals surface area contributed by atoms with Crippen LogP contribution in [0.2, 0.25) is 5.02 Å². The molecule has 1 aliphatic heterocycles. The predicted molar refractivity (Wildman–Crippen MR) is 110 cm³/mol. The molecule has 2 heterocycles. The van der Waals surface area contributed by atoms with Crippen molar-refractivity contribution in [3.8, 4) is 17.2 Å². The molecule has 0 aliphatic carbocycles. The zero-order chi connectivity index (χ0) is 21.3. The number of aromatic nitrogens is 2. The minimum Gasteiger partial charge on any atom is -0.486 e. The lowest BCUT2D eigenvalue weighted by Gasteiger charge is -2.18. The number of halogens is 1. The number of Topliss-reactive ketones (excluding diaryl/α,β-unsaturated/α-hetero) is 1. The molecule has 0 spiro atoms. The van der Waals surface area contributed by atoms with Crippen LogP contribution in [0.25, 0.3) is 5.69 Å². The number of ether oxygens (including phenoxy) is 3. The number of aryl methyl sites for hydroxylation is 1. The van der Waals surface area contributed by atoms with Crippen LogP contribution in [0.4, 0.5) is 0 Å². The van der Waals surface area contributed by atoms with Gasteiger partial charge in [0.25, 0.3) is 0 Å². The zero-order valence-electron chi connectivity index (χ0n) is 16.5. The van der Waals surface area contributed by atoms with E-state index in [0.29, 0.717) is 40.9 Å². The van der Waals surface area contributed by atoms with Crippen LogP contribution in [0.15, 0.2) is 42.5 Å². The topological polar surface area (TPSA) is 79.7 Å². The summed E-state index contributed by atoms with van der Waals surface area (Å²) in [6.07, 6.45) is 0. The number of carbonyl (C=O) groups excluding carboxylic acids is 2. The lowest BCUT2D eigenvalue weighted by molar-refractivity contribution is 0.0474. The van der Waals surface area contributed by atoms with Crippen molar-refractivity contribution in [1.29, 1.82) is 0 Å². The van der Waals surface area contributed by atoms with Crippen LogP contribution < -0.4 is 9.47 Å². The summed E-state index contributed by atoms with van der Waals surface area (Å²) >= 11 is 6.19. The Labute approximate surface area is 178 Å². The van der Waals surface area contributed by atoms with Crippen LogP contribution in [0.3, 0.4) is 0 Å². The van der Waals surface area contributed by atoms with Crippen molar-refractivity contribution in [3.63, 3.8) is 0 Å². The molecule has 0 fully saturated rings. The van der Waals surface area contributed by atoms with Gasteiger partial charge >= 0.3 is 5.97 Å². The van der Waals surface area contributed by atoms with E-state index in [2.05, 4.69) is 5.10 Å². The highest BCUT2D eigenvalue weighted by atomic mass is 35.5. The van der Waals surface area contributed by atoms with Gasteiger partial charge in [0.1, 0.15) is 13.2 Å². The van der Waals surface area contributed by atoms with E-state index in [1.54, 1.807) is 47.1 Å². The van der Waals surface area contributed by atoms with Gasteiger partial charge in [-0.25, -0.2) is 9.48 Å². The molecular weight excluding hydrogens is 408 g/mol. The summed E-state index contributed by atoms with van der Waals surface area (Å²) in [6, 6.07) is 11.6. The molecule has 3 aromatic rings. The minimum atomic E-state index is -0.584. The van der Waals surface area contributed by atoms with Crippen LogP contribution in [-0.2, 0) is 4.74 Å². The van der Waals surface area contributed by atoms with E-state index in [4.69, 9.17) is 25.8 Å². The normalized spacial score (nSPS) is 12.5. The lowest BCUT2D eigenvalue weighted by atomic mass is 10.1. The molecule has 1 aliphatic rings. The predicted octanol–water partition coefficient (Wildman–Crippen LogP) is 3.95. The Bertz CT molecular complexity index is 1120. The number of esters is 1. The molecule has 30 heavy (non-hydrogen) atoms. The fraction of sp³-hybridized carbons (Fsp3) is 0.227. The van der Waals surface area contributed by atoms with Crippen molar-refractivity contribution >= 4 is 23.4 Å². The quantitative estimate of drug-likeness (QED) is 0.454. The maximum Gasteiger partial charge on any atom is 0.338 e. The van der Waals surface area contributed by atoms with E-state index >= 15 is 0 Å². The third-order valence-corrected chi connectivity index (χ3v) is 5.30. The Morgan fingerprint density at radius 3 is 2.37 bits per heavy atom. The first-order valence-corrected chi connectivity index (χ1v) is 9.74. The van der Waals surface area contributed by atoms with Gasteiger partial charge < -0.3 is 14.2 Å². The molecule has 7 nitrogen and oxygen atoms in total. The number of hydrogen-bond acceptors (Lipinski definition) is 6. The van der Waals surface area contributed by atoms with Gasteiger partial charge in [-0.1, -0.05) is 11.6 Å². The number of ketones is 1. The molecule has 0 saturated carbocycles. The van der Waals surface area contributed by atoms with E-state index < -0.39 is 5.97 Å². The summed E-state index contributed by atoms with van der Waals surface area (Å²) in [4.78, 5) is 24.7. The largest absolute Gasteiger partial charge is 0.486 e. The molecule has 1 aromatic heterocycles. The molecule has 2 aromatic carbocycles. The van der Waals surface area contributed by atoms with Gasteiger partial charge in [-0.15, -0.1) is 0 Å². The molecule has 0 atom stereocenters. The molecule has 0 amide bonds. The first kappa shape index (κ1) is 20.0. The maximum absolute atomic E-state index is 12.4. The molecule has 0 N–H and O–H groups in total. The van der Waals surface area contributed by atoms with Crippen molar-refractivity contribution in [3.05, 3.63) is 70.0 Å². The molecule has 0 bridgehead atoms. The summed E-state index contributed by atoms with van der Waals surface area (Å²) in [5.74, 6) is 0.199. The number of hydrogen-bond donors (Lipinski definition) is 0. The minimum absolute atomic E-state index is 0.325. The highest BCUT2D eigenvalue weighted by Gasteiger charge is 2.17. The number of carbonyl (C=O) groups is 2. The summed E-state index contributed by atoms with van der Waals surface area (Å²) in [5.41, 5.74) is 3.04. The molecule has 154 valence electrons. The van der Waals surface area contributed by atoms with E-state index in [0.717, 1.165) is 17.1 Å². The van der Waals surface area contributed by atoms with E-state index in [9.17, 15) is 9.59 Å². The highest BCUT2D eigenvalue weighted by molar-refractivity contribution is 6.31. The van der Waals surface area contributed by atoms with Crippen molar-refractivity contribution in [1.82, 2.24) is 9.78 Å². The Hall–Kier alpha value is -3.32. The van der Waals surface area contributed by atoms with Crippen molar-refractivity contribution in [2.24, 2.45) is 0 Å². The van der Waals surface area contributed by atoms with E-state index in [1.165, 1.54) is 0 Å². The summed E-state index contributed by atoms with van der Waals surface area (Å²) in [5, 5.41) is 4.99. The average Bonchev–Trinajstić information content (AvgIpc) is 3.04. The number of fused-ring (bicyclic) bond motifs is 1. The fourth-order valence-corrected chi connectivity index (χ4v) is 3.25. The van der Waals surface area contributed by atoms with Crippen LogP contribution in [0, 0.1) is 13.8 Å². The van der Waals surface area contributed by atoms with Crippen LogP contribution >= 0.6 is 11.6 Å². The maximum atomic E-state index is 12.4. The van der Waals surface area contributed by atoms with Crippen LogP contribution in [-0.4, -0.2) is 41.4 Å². The first-order chi connectivity index (χ1) is 14.4. The molecule has 0 saturated heterocycles. The third kappa shape index (κ3) is 3.89. The van der Waals surface area contributed by atoms with Gasteiger partial charge in [-0.2, -0.15) is 5.10 Å².